The van der Waals surface area contributed by atoms with Crippen molar-refractivity contribution in [3.05, 3.63) is 0 Å². The van der Waals surface area contributed by atoms with E-state index in [1.807, 2.05) is 4.90 Å². The molecule has 0 aromatic heterocycles. The van der Waals surface area contributed by atoms with Gasteiger partial charge >= 0.3 is 0 Å². The van der Waals surface area contributed by atoms with Crippen molar-refractivity contribution in [3.63, 3.8) is 0 Å². The highest BCUT2D eigenvalue weighted by Gasteiger charge is 2.31. The van der Waals surface area contributed by atoms with E-state index in [0.717, 1.165) is 13.0 Å². The molecule has 2 rings (SSSR count). The van der Waals surface area contributed by atoms with Gasteiger partial charge < -0.3 is 15.3 Å². The first-order valence-electron chi connectivity index (χ1n) is 9.71. The lowest BCUT2D eigenvalue weighted by Crippen LogP contribution is -2.47. The average molecular weight is 338 g/mol. The Morgan fingerprint density at radius 2 is 1.96 bits per heavy atom. The summed E-state index contributed by atoms with van der Waals surface area (Å²) >= 11 is 0. The Morgan fingerprint density at radius 1 is 1.25 bits per heavy atom. The summed E-state index contributed by atoms with van der Waals surface area (Å²) in [6.07, 6.45) is 7.81. The lowest BCUT2D eigenvalue weighted by atomic mass is 9.89. The summed E-state index contributed by atoms with van der Waals surface area (Å²) in [4.78, 5) is 26.2. The van der Waals surface area contributed by atoms with Crippen LogP contribution in [0.1, 0.15) is 71.6 Å². The van der Waals surface area contributed by atoms with Crippen LogP contribution >= 0.6 is 0 Å². The number of hydrogen-bond acceptors (Lipinski definition) is 3. The van der Waals surface area contributed by atoms with Crippen LogP contribution in [0.4, 0.5) is 0 Å². The first kappa shape index (κ1) is 19.2. The molecule has 0 aromatic carbocycles. The molecule has 1 saturated carbocycles. The van der Waals surface area contributed by atoms with Crippen molar-refractivity contribution < 1.29 is 14.7 Å². The number of nitrogens with one attached hydrogen (secondary N) is 1. The maximum absolute atomic E-state index is 12.4. The second-order valence-electron chi connectivity index (χ2n) is 8.02. The van der Waals surface area contributed by atoms with Crippen molar-refractivity contribution in [3.8, 4) is 0 Å². The minimum atomic E-state index is -0.664. The summed E-state index contributed by atoms with van der Waals surface area (Å²) < 4.78 is 0. The summed E-state index contributed by atoms with van der Waals surface area (Å²) in [6, 6.07) is -0.301. The molecule has 1 saturated heterocycles. The number of aliphatic hydroxyl groups is 1. The minimum Gasteiger partial charge on any atom is -0.389 e. The third kappa shape index (κ3) is 6.08. The number of carbonyl (C=O) groups is 2. The zero-order valence-corrected chi connectivity index (χ0v) is 15.3. The molecule has 0 aromatic rings. The van der Waals surface area contributed by atoms with Crippen molar-refractivity contribution in [2.45, 2.75) is 83.8 Å². The predicted octanol–water partition coefficient (Wildman–Crippen LogP) is 2.47. The normalized spacial score (nSPS) is 26.5. The van der Waals surface area contributed by atoms with Crippen molar-refractivity contribution in [2.24, 2.45) is 11.8 Å². The minimum absolute atomic E-state index is 0.0130. The molecule has 1 unspecified atom stereocenters. The van der Waals surface area contributed by atoms with E-state index in [-0.39, 0.29) is 17.9 Å². The molecule has 0 radical (unpaired) electrons. The molecule has 2 aliphatic rings. The molecule has 1 aliphatic carbocycles. The molecule has 2 N–H and O–H groups in total. The van der Waals surface area contributed by atoms with Gasteiger partial charge in [0.2, 0.25) is 11.8 Å². The fourth-order valence-corrected chi connectivity index (χ4v) is 3.81. The molecule has 2 atom stereocenters. The van der Waals surface area contributed by atoms with Gasteiger partial charge in [0.1, 0.15) is 0 Å². The van der Waals surface area contributed by atoms with Gasteiger partial charge in [0.25, 0.3) is 0 Å². The van der Waals surface area contributed by atoms with Crippen LogP contribution in [-0.2, 0) is 9.59 Å². The second-order valence-corrected chi connectivity index (χ2v) is 8.02. The lowest BCUT2D eigenvalue weighted by Gasteiger charge is -2.30. The molecule has 0 bridgehead atoms. The molecule has 5 nitrogen and oxygen atoms in total. The van der Waals surface area contributed by atoms with Gasteiger partial charge in [-0.05, 0) is 37.5 Å². The van der Waals surface area contributed by atoms with E-state index in [9.17, 15) is 14.7 Å². The number of rotatable bonds is 6. The highest BCUT2D eigenvalue weighted by atomic mass is 16.3. The predicted molar refractivity (Wildman–Crippen MR) is 94.4 cm³/mol. The molecular formula is C19H34N2O3. The SMILES string of the molecule is CC(C)CCC(=O)NC1CCC(=O)N(CC2CCCCC2)C[C@@H]1O. The molecule has 1 heterocycles. The van der Waals surface area contributed by atoms with E-state index < -0.39 is 6.10 Å². The van der Waals surface area contributed by atoms with Gasteiger partial charge in [0.15, 0.2) is 0 Å². The maximum Gasteiger partial charge on any atom is 0.222 e. The Hall–Kier alpha value is -1.10. The summed E-state index contributed by atoms with van der Waals surface area (Å²) in [5.74, 6) is 1.17. The zero-order valence-electron chi connectivity index (χ0n) is 15.3. The van der Waals surface area contributed by atoms with Crippen LogP contribution in [0.3, 0.4) is 0 Å². The Bertz CT molecular complexity index is 419. The van der Waals surface area contributed by atoms with Gasteiger partial charge in [-0.2, -0.15) is 0 Å². The molecule has 2 amide bonds. The van der Waals surface area contributed by atoms with E-state index >= 15 is 0 Å². The smallest absolute Gasteiger partial charge is 0.222 e. The standard InChI is InChI=1S/C19H34N2O3/c1-14(2)8-10-18(23)20-16-9-11-19(24)21(13-17(16)22)12-15-6-4-3-5-7-15/h14-17,22H,3-13H2,1-2H3,(H,20,23)/t16?,17-/m0/s1. The first-order valence-corrected chi connectivity index (χ1v) is 9.71. The molecule has 1 aliphatic heterocycles. The molecule has 138 valence electrons. The largest absolute Gasteiger partial charge is 0.389 e. The number of aliphatic hydroxyl groups excluding tert-OH is 1. The quantitative estimate of drug-likeness (QED) is 0.782. The van der Waals surface area contributed by atoms with Crippen molar-refractivity contribution in [1.82, 2.24) is 10.2 Å². The number of hydrogen-bond donors (Lipinski definition) is 2. The number of β-amino-alcohol motifs (C(OH)–C–C–N with tert-alkyl or cyclic N) is 1. The summed E-state index contributed by atoms with van der Waals surface area (Å²) in [5.41, 5.74) is 0. The fraction of sp³-hybridized carbons (Fsp3) is 0.895. The van der Waals surface area contributed by atoms with E-state index in [4.69, 9.17) is 0 Å². The highest BCUT2D eigenvalue weighted by molar-refractivity contribution is 5.78. The average Bonchev–Trinajstić information content (AvgIpc) is 2.68. The maximum atomic E-state index is 12.4. The summed E-state index contributed by atoms with van der Waals surface area (Å²) in [6.45, 7) is 5.31. The molecular weight excluding hydrogens is 304 g/mol. The van der Waals surface area contributed by atoms with Crippen molar-refractivity contribution >= 4 is 11.8 Å². The van der Waals surface area contributed by atoms with E-state index in [0.29, 0.717) is 37.6 Å². The van der Waals surface area contributed by atoms with Gasteiger partial charge in [0.05, 0.1) is 12.1 Å². The van der Waals surface area contributed by atoms with Crippen LogP contribution in [0.2, 0.25) is 0 Å². The molecule has 2 fully saturated rings. The Balaban J connectivity index is 1.84. The molecule has 5 heteroatoms. The van der Waals surface area contributed by atoms with Crippen LogP contribution in [-0.4, -0.2) is 47.1 Å². The Morgan fingerprint density at radius 3 is 2.62 bits per heavy atom. The zero-order chi connectivity index (χ0) is 17.5. The van der Waals surface area contributed by atoms with Crippen LogP contribution in [0.5, 0.6) is 0 Å². The first-order chi connectivity index (χ1) is 11.5. The van der Waals surface area contributed by atoms with Gasteiger partial charge in [-0.3, -0.25) is 9.59 Å². The van der Waals surface area contributed by atoms with Crippen LogP contribution in [0, 0.1) is 11.8 Å². The van der Waals surface area contributed by atoms with E-state index in [1.165, 1.54) is 32.1 Å². The van der Waals surface area contributed by atoms with Gasteiger partial charge in [-0.1, -0.05) is 33.1 Å². The fourth-order valence-electron chi connectivity index (χ4n) is 3.81. The lowest BCUT2D eigenvalue weighted by molar-refractivity contribution is -0.132. The Kier molecular flexibility index (Phi) is 7.53. The highest BCUT2D eigenvalue weighted by Crippen LogP contribution is 2.25. The van der Waals surface area contributed by atoms with Gasteiger partial charge in [-0.25, -0.2) is 0 Å². The van der Waals surface area contributed by atoms with Crippen LogP contribution in [0.15, 0.2) is 0 Å². The monoisotopic (exact) mass is 338 g/mol. The number of carbonyl (C=O) groups excluding carboxylic acids is 2. The van der Waals surface area contributed by atoms with Crippen molar-refractivity contribution in [2.75, 3.05) is 13.1 Å². The van der Waals surface area contributed by atoms with E-state index in [2.05, 4.69) is 19.2 Å². The number of likely N-dealkylation sites (tertiary alicyclic amines) is 1. The second kappa shape index (κ2) is 9.40. The third-order valence-corrected chi connectivity index (χ3v) is 5.39. The van der Waals surface area contributed by atoms with Gasteiger partial charge in [0, 0.05) is 25.9 Å². The Labute approximate surface area is 146 Å². The molecule has 0 spiro atoms. The van der Waals surface area contributed by atoms with Crippen LogP contribution < -0.4 is 5.32 Å². The third-order valence-electron chi connectivity index (χ3n) is 5.39. The summed E-state index contributed by atoms with van der Waals surface area (Å²) in [5, 5.41) is 13.4. The topological polar surface area (TPSA) is 69.6 Å². The molecule has 24 heavy (non-hydrogen) atoms. The summed E-state index contributed by atoms with van der Waals surface area (Å²) in [7, 11) is 0. The van der Waals surface area contributed by atoms with Gasteiger partial charge in [-0.15, -0.1) is 0 Å². The van der Waals surface area contributed by atoms with E-state index in [1.54, 1.807) is 0 Å². The number of nitrogens with zero attached hydrogens (tertiary/aromatic N) is 1. The van der Waals surface area contributed by atoms with Crippen LogP contribution in [0.25, 0.3) is 0 Å². The number of amides is 2. The van der Waals surface area contributed by atoms with Crippen molar-refractivity contribution in [1.29, 1.82) is 0 Å².